The summed E-state index contributed by atoms with van der Waals surface area (Å²) in [5, 5.41) is 20.9. The minimum atomic E-state index is -0.743. The highest BCUT2D eigenvalue weighted by Gasteiger charge is 2.17. The van der Waals surface area contributed by atoms with Gasteiger partial charge in [-0.25, -0.2) is 14.5 Å². The lowest BCUT2D eigenvalue weighted by molar-refractivity contribution is -0.114. The van der Waals surface area contributed by atoms with E-state index in [1.807, 2.05) is 0 Å². The average Bonchev–Trinajstić information content (AvgIpc) is 3.24. The molecule has 0 bridgehead atoms. The van der Waals surface area contributed by atoms with E-state index in [0.717, 1.165) is 0 Å². The lowest BCUT2D eigenvalue weighted by atomic mass is 10.1. The predicted molar refractivity (Wildman–Crippen MR) is 130 cm³/mol. The molecule has 3 N–H and O–H groups in total. The Bertz CT molecular complexity index is 1370. The quantitative estimate of drug-likeness (QED) is 0.342. The largest absolute Gasteiger partial charge is 0.480 e. The number of fused-ring (bicyclic) bond motifs is 1. The first-order valence-corrected chi connectivity index (χ1v) is 11.1. The van der Waals surface area contributed by atoms with Crippen LogP contribution in [0.3, 0.4) is 0 Å². The Morgan fingerprint density at radius 2 is 1.97 bits per heavy atom. The van der Waals surface area contributed by atoms with Crippen LogP contribution >= 0.6 is 11.6 Å². The molecule has 0 spiro atoms. The van der Waals surface area contributed by atoms with Crippen LogP contribution in [0.5, 0.6) is 5.88 Å². The lowest BCUT2D eigenvalue weighted by Gasteiger charge is -2.13. The van der Waals surface area contributed by atoms with E-state index in [1.54, 1.807) is 54.9 Å². The number of imidazole rings is 1. The van der Waals surface area contributed by atoms with E-state index in [9.17, 15) is 14.7 Å². The van der Waals surface area contributed by atoms with Crippen molar-refractivity contribution in [3.63, 3.8) is 0 Å². The van der Waals surface area contributed by atoms with Crippen LogP contribution < -0.4 is 15.4 Å². The number of carbonyl (C=O) groups excluding carboxylic acids is 2. The van der Waals surface area contributed by atoms with Gasteiger partial charge in [0.1, 0.15) is 5.56 Å². The van der Waals surface area contributed by atoms with Crippen LogP contribution in [0.2, 0.25) is 5.02 Å². The van der Waals surface area contributed by atoms with Gasteiger partial charge >= 0.3 is 0 Å². The highest BCUT2D eigenvalue weighted by molar-refractivity contribution is 6.30. The van der Waals surface area contributed by atoms with Crippen molar-refractivity contribution in [1.82, 2.24) is 24.9 Å². The van der Waals surface area contributed by atoms with Crippen molar-refractivity contribution in [1.29, 1.82) is 0 Å². The third-order valence-electron chi connectivity index (χ3n) is 5.17. The molecule has 10 nitrogen and oxygen atoms in total. The molecule has 1 aromatic carbocycles. The van der Waals surface area contributed by atoms with Crippen LogP contribution in [0.15, 0.2) is 54.9 Å². The maximum Gasteiger partial charge on any atom is 0.256 e. The summed E-state index contributed by atoms with van der Waals surface area (Å²) in [6.07, 6.45) is 2.72. The van der Waals surface area contributed by atoms with Crippen LogP contribution in [-0.2, 0) is 4.79 Å². The number of carbonyl (C=O) groups is 2. The second kappa shape index (κ2) is 10.5. The summed E-state index contributed by atoms with van der Waals surface area (Å²) < 4.78 is 6.80. The van der Waals surface area contributed by atoms with Gasteiger partial charge in [-0.3, -0.25) is 9.59 Å². The van der Waals surface area contributed by atoms with E-state index in [0.29, 0.717) is 39.7 Å². The SMILES string of the molecule is COc1ncc(-c2ccc3nc(NC(C)=O)cn3n2)cc1C(=O)NCC[C@H](O)c1ccc(Cl)cc1. The van der Waals surface area contributed by atoms with E-state index >= 15 is 0 Å². The van der Waals surface area contributed by atoms with Crippen molar-refractivity contribution in [3.05, 3.63) is 71.0 Å². The zero-order valence-corrected chi connectivity index (χ0v) is 19.8. The predicted octanol–water partition coefficient (Wildman–Crippen LogP) is 3.27. The molecule has 0 aliphatic heterocycles. The Morgan fingerprint density at radius 1 is 1.20 bits per heavy atom. The van der Waals surface area contributed by atoms with Crippen LogP contribution in [0.4, 0.5) is 5.82 Å². The maximum absolute atomic E-state index is 12.9. The fourth-order valence-corrected chi connectivity index (χ4v) is 3.59. The van der Waals surface area contributed by atoms with Crippen LogP contribution in [0.1, 0.15) is 35.4 Å². The van der Waals surface area contributed by atoms with Gasteiger partial charge in [0.15, 0.2) is 11.5 Å². The molecule has 1 atom stereocenters. The van der Waals surface area contributed by atoms with Gasteiger partial charge in [0, 0.05) is 30.3 Å². The summed E-state index contributed by atoms with van der Waals surface area (Å²) >= 11 is 5.88. The highest BCUT2D eigenvalue weighted by atomic mass is 35.5. The molecule has 180 valence electrons. The number of hydrogen-bond acceptors (Lipinski definition) is 7. The number of aliphatic hydroxyl groups excluding tert-OH is 1. The third kappa shape index (κ3) is 5.73. The summed E-state index contributed by atoms with van der Waals surface area (Å²) in [6.45, 7) is 1.64. The number of halogens is 1. The summed E-state index contributed by atoms with van der Waals surface area (Å²) in [7, 11) is 1.43. The molecule has 3 heterocycles. The number of aromatic nitrogens is 4. The van der Waals surface area contributed by atoms with E-state index in [1.165, 1.54) is 18.5 Å². The molecule has 0 radical (unpaired) electrons. The van der Waals surface area contributed by atoms with Crippen molar-refractivity contribution < 1.29 is 19.4 Å². The average molecular weight is 495 g/mol. The normalized spacial score (nSPS) is 11.8. The van der Waals surface area contributed by atoms with Crippen LogP contribution in [0, 0.1) is 0 Å². The maximum atomic E-state index is 12.9. The molecule has 4 aromatic rings. The Hall–Kier alpha value is -4.02. The van der Waals surface area contributed by atoms with Gasteiger partial charge in [0.25, 0.3) is 5.91 Å². The van der Waals surface area contributed by atoms with E-state index in [2.05, 4.69) is 25.7 Å². The molecule has 0 aliphatic carbocycles. The molecule has 11 heteroatoms. The number of nitrogens with one attached hydrogen (secondary N) is 2. The summed E-state index contributed by atoms with van der Waals surface area (Å²) in [4.78, 5) is 32.7. The molecule has 0 fully saturated rings. The first-order valence-electron chi connectivity index (χ1n) is 10.7. The fraction of sp³-hybridized carbons (Fsp3) is 0.208. The van der Waals surface area contributed by atoms with E-state index in [-0.39, 0.29) is 23.9 Å². The second-order valence-electron chi connectivity index (χ2n) is 7.72. The highest BCUT2D eigenvalue weighted by Crippen LogP contribution is 2.24. The number of rotatable bonds is 8. The first kappa shape index (κ1) is 24.1. The number of ether oxygens (including phenoxy) is 1. The smallest absolute Gasteiger partial charge is 0.256 e. The number of anilines is 1. The summed E-state index contributed by atoms with van der Waals surface area (Å²) in [5.41, 5.74) is 2.64. The molecule has 0 aliphatic rings. The number of benzene rings is 1. The Balaban J connectivity index is 1.49. The number of methoxy groups -OCH3 is 1. The topological polar surface area (TPSA) is 131 Å². The monoisotopic (exact) mass is 494 g/mol. The van der Waals surface area contributed by atoms with Gasteiger partial charge in [0.2, 0.25) is 11.8 Å². The zero-order valence-electron chi connectivity index (χ0n) is 19.0. The van der Waals surface area contributed by atoms with Crippen molar-refractivity contribution in [2.45, 2.75) is 19.4 Å². The number of amides is 2. The molecule has 2 amide bonds. The Kier molecular flexibility index (Phi) is 7.23. The summed E-state index contributed by atoms with van der Waals surface area (Å²) in [6, 6.07) is 12.0. The van der Waals surface area contributed by atoms with Gasteiger partial charge in [0.05, 0.1) is 25.1 Å². The van der Waals surface area contributed by atoms with E-state index < -0.39 is 12.0 Å². The standard InChI is InChI=1S/C24H23ClN6O4/c1-14(32)28-21-13-31-22(29-21)8-7-19(30-31)16-11-18(24(35-2)27-12-16)23(34)26-10-9-20(33)15-3-5-17(25)6-4-15/h3-8,11-13,20,33H,9-10H2,1-2H3,(H,26,34)(H,28,32)/t20-/m0/s1. The van der Waals surface area contributed by atoms with Gasteiger partial charge in [-0.2, -0.15) is 5.10 Å². The number of nitrogens with zero attached hydrogens (tertiary/aromatic N) is 4. The van der Waals surface area contributed by atoms with Crippen LogP contribution in [0.25, 0.3) is 16.9 Å². The molecule has 3 aromatic heterocycles. The van der Waals surface area contributed by atoms with Crippen molar-refractivity contribution in [3.8, 4) is 17.1 Å². The molecule has 0 saturated carbocycles. The van der Waals surface area contributed by atoms with Crippen LogP contribution in [-0.4, -0.2) is 50.2 Å². The third-order valence-corrected chi connectivity index (χ3v) is 5.42. The first-order chi connectivity index (χ1) is 16.8. The molecular formula is C24H23ClN6O4. The molecule has 35 heavy (non-hydrogen) atoms. The summed E-state index contributed by atoms with van der Waals surface area (Å²) in [5.74, 6) is -0.0718. The number of pyridine rings is 1. The lowest BCUT2D eigenvalue weighted by Crippen LogP contribution is -2.26. The molecule has 0 saturated heterocycles. The zero-order chi connectivity index (χ0) is 24.9. The van der Waals surface area contributed by atoms with Gasteiger partial charge in [-0.05, 0) is 42.3 Å². The van der Waals surface area contributed by atoms with E-state index in [4.69, 9.17) is 16.3 Å². The van der Waals surface area contributed by atoms with Gasteiger partial charge < -0.3 is 20.5 Å². The molecule has 0 unspecified atom stereocenters. The molecular weight excluding hydrogens is 472 g/mol. The van der Waals surface area contributed by atoms with Crippen molar-refractivity contribution in [2.24, 2.45) is 0 Å². The second-order valence-corrected chi connectivity index (χ2v) is 8.16. The Morgan fingerprint density at radius 3 is 2.69 bits per heavy atom. The minimum absolute atomic E-state index is 0.168. The minimum Gasteiger partial charge on any atom is -0.480 e. The molecule has 4 rings (SSSR count). The Labute approximate surface area is 205 Å². The van der Waals surface area contributed by atoms with Gasteiger partial charge in [-0.15, -0.1) is 0 Å². The number of hydrogen-bond donors (Lipinski definition) is 3. The van der Waals surface area contributed by atoms with Crippen molar-refractivity contribution in [2.75, 3.05) is 19.0 Å². The fourth-order valence-electron chi connectivity index (χ4n) is 3.46. The number of aliphatic hydroxyl groups is 1. The van der Waals surface area contributed by atoms with Gasteiger partial charge in [-0.1, -0.05) is 23.7 Å². The van der Waals surface area contributed by atoms with Crippen molar-refractivity contribution >= 4 is 34.9 Å².